The topological polar surface area (TPSA) is 107 Å². The SMILES string of the molecule is CCNC(=O)C[C@H]1N=C(c2ccc(Cl)cc2)c2cc(OCN)ccc2-n2c(C)nnc21. The Balaban J connectivity index is 1.94. The maximum atomic E-state index is 12.5. The highest BCUT2D eigenvalue weighted by molar-refractivity contribution is 6.30. The molecule has 160 valence electrons. The van der Waals surface area contributed by atoms with Crippen LogP contribution in [0.2, 0.25) is 5.02 Å². The van der Waals surface area contributed by atoms with Crippen molar-refractivity contribution in [2.45, 2.75) is 26.3 Å². The number of fused-ring (bicyclic) bond motifs is 3. The van der Waals surface area contributed by atoms with E-state index in [1.807, 2.05) is 60.9 Å². The summed E-state index contributed by atoms with van der Waals surface area (Å²) < 4.78 is 7.48. The third kappa shape index (κ3) is 4.17. The molecule has 0 spiro atoms. The third-order valence-electron chi connectivity index (χ3n) is 5.02. The Morgan fingerprint density at radius 2 is 2.00 bits per heavy atom. The molecule has 0 bridgehead atoms. The first kappa shape index (κ1) is 21.0. The number of hydrogen-bond donors (Lipinski definition) is 2. The van der Waals surface area contributed by atoms with E-state index in [0.29, 0.717) is 34.7 Å². The normalized spacial score (nSPS) is 14.8. The van der Waals surface area contributed by atoms with Crippen molar-refractivity contribution in [1.82, 2.24) is 20.1 Å². The lowest BCUT2D eigenvalue weighted by molar-refractivity contribution is -0.121. The Morgan fingerprint density at radius 3 is 2.71 bits per heavy atom. The molecule has 0 unspecified atom stereocenters. The molecule has 0 saturated heterocycles. The van der Waals surface area contributed by atoms with Crippen molar-refractivity contribution in [3.63, 3.8) is 0 Å². The summed E-state index contributed by atoms with van der Waals surface area (Å²) >= 11 is 6.11. The Kier molecular flexibility index (Phi) is 6.01. The van der Waals surface area contributed by atoms with Crippen molar-refractivity contribution in [2.24, 2.45) is 10.7 Å². The molecule has 1 amide bonds. The number of nitrogens with zero attached hydrogens (tertiary/aromatic N) is 4. The second kappa shape index (κ2) is 8.87. The van der Waals surface area contributed by atoms with Crippen molar-refractivity contribution in [2.75, 3.05) is 13.3 Å². The van der Waals surface area contributed by atoms with E-state index >= 15 is 0 Å². The summed E-state index contributed by atoms with van der Waals surface area (Å²) in [6, 6.07) is 12.6. The van der Waals surface area contributed by atoms with Crippen LogP contribution in [0.15, 0.2) is 47.5 Å². The molecule has 4 rings (SSSR count). The van der Waals surface area contributed by atoms with Crippen LogP contribution in [0, 0.1) is 6.92 Å². The van der Waals surface area contributed by atoms with Crippen LogP contribution >= 0.6 is 11.6 Å². The summed E-state index contributed by atoms with van der Waals surface area (Å²) in [6.07, 6.45) is 0.156. The second-order valence-electron chi connectivity index (χ2n) is 7.09. The quantitative estimate of drug-likeness (QED) is 0.575. The number of ether oxygens (including phenoxy) is 1. The second-order valence-corrected chi connectivity index (χ2v) is 7.53. The standard InChI is InChI=1S/C22H23ClN6O2/c1-3-25-20(30)11-18-22-28-27-13(2)29(22)19-9-8-16(31-12-24)10-17(19)21(26-18)14-4-6-15(23)7-5-14/h4-10,18H,3,11-12,24H2,1-2H3,(H,25,30)/t18-/m1/s1. The van der Waals surface area contributed by atoms with Gasteiger partial charge in [0.2, 0.25) is 5.91 Å². The Hall–Kier alpha value is -3.23. The number of aromatic nitrogens is 3. The number of hydrogen-bond acceptors (Lipinski definition) is 6. The summed E-state index contributed by atoms with van der Waals surface area (Å²) in [5.41, 5.74) is 8.85. The van der Waals surface area contributed by atoms with Gasteiger partial charge in [-0.2, -0.15) is 0 Å². The summed E-state index contributed by atoms with van der Waals surface area (Å²) in [7, 11) is 0. The van der Waals surface area contributed by atoms with Crippen LogP contribution in [0.3, 0.4) is 0 Å². The van der Waals surface area contributed by atoms with Gasteiger partial charge in [0.1, 0.15) is 24.3 Å². The first-order chi connectivity index (χ1) is 15.0. The molecule has 1 aliphatic heterocycles. The van der Waals surface area contributed by atoms with E-state index in [2.05, 4.69) is 15.5 Å². The molecule has 3 N–H and O–H groups in total. The zero-order valence-corrected chi connectivity index (χ0v) is 18.1. The lowest BCUT2D eigenvalue weighted by Crippen LogP contribution is -2.25. The number of benzene rings is 2. The van der Waals surface area contributed by atoms with E-state index in [9.17, 15) is 4.79 Å². The molecule has 2 aromatic carbocycles. The summed E-state index contributed by atoms with van der Waals surface area (Å²) in [5.74, 6) is 1.84. The van der Waals surface area contributed by atoms with E-state index in [1.165, 1.54) is 0 Å². The number of nitrogens with two attached hydrogens (primary N) is 1. The summed E-state index contributed by atoms with van der Waals surface area (Å²) in [6.45, 7) is 4.36. The van der Waals surface area contributed by atoms with Gasteiger partial charge in [0.15, 0.2) is 5.82 Å². The van der Waals surface area contributed by atoms with Crippen LogP contribution in [0.5, 0.6) is 5.75 Å². The van der Waals surface area contributed by atoms with Crippen molar-refractivity contribution < 1.29 is 9.53 Å². The molecule has 1 aliphatic rings. The molecule has 0 fully saturated rings. The number of nitrogens with one attached hydrogen (secondary N) is 1. The van der Waals surface area contributed by atoms with Gasteiger partial charge in [-0.1, -0.05) is 23.7 Å². The van der Waals surface area contributed by atoms with Crippen molar-refractivity contribution in [3.05, 3.63) is 70.3 Å². The van der Waals surface area contributed by atoms with Crippen LogP contribution < -0.4 is 15.8 Å². The average Bonchev–Trinajstić information content (AvgIpc) is 3.07. The fourth-order valence-corrected chi connectivity index (χ4v) is 3.81. The molecule has 3 aromatic rings. The molecule has 1 atom stereocenters. The van der Waals surface area contributed by atoms with E-state index in [1.54, 1.807) is 0 Å². The van der Waals surface area contributed by atoms with Gasteiger partial charge < -0.3 is 10.1 Å². The zero-order chi connectivity index (χ0) is 22.0. The van der Waals surface area contributed by atoms with E-state index in [4.69, 9.17) is 27.1 Å². The molecule has 9 heteroatoms. The molecule has 0 radical (unpaired) electrons. The van der Waals surface area contributed by atoms with Gasteiger partial charge in [0.05, 0.1) is 17.8 Å². The monoisotopic (exact) mass is 438 g/mol. The van der Waals surface area contributed by atoms with Crippen LogP contribution in [0.4, 0.5) is 0 Å². The highest BCUT2D eigenvalue weighted by Crippen LogP contribution is 2.34. The fraction of sp³-hybridized carbons (Fsp3) is 0.273. The predicted octanol–water partition coefficient (Wildman–Crippen LogP) is 2.94. The Labute approximate surface area is 185 Å². The number of rotatable bonds is 6. The molecule has 31 heavy (non-hydrogen) atoms. The Morgan fingerprint density at radius 1 is 1.23 bits per heavy atom. The Bertz CT molecular complexity index is 1140. The third-order valence-corrected chi connectivity index (χ3v) is 5.27. The van der Waals surface area contributed by atoms with Crippen LogP contribution in [-0.4, -0.2) is 39.7 Å². The minimum absolute atomic E-state index is 0.0585. The number of amides is 1. The molecule has 1 aromatic heterocycles. The van der Waals surface area contributed by atoms with Gasteiger partial charge in [-0.15, -0.1) is 10.2 Å². The van der Waals surface area contributed by atoms with Crippen LogP contribution in [0.1, 0.15) is 42.2 Å². The van der Waals surface area contributed by atoms with Gasteiger partial charge in [0.25, 0.3) is 0 Å². The molecule has 0 saturated carbocycles. The molecular formula is C22H23ClN6O2. The van der Waals surface area contributed by atoms with Gasteiger partial charge in [-0.05, 0) is 44.2 Å². The average molecular weight is 439 g/mol. The number of halogens is 1. The van der Waals surface area contributed by atoms with Gasteiger partial charge in [-0.25, -0.2) is 0 Å². The van der Waals surface area contributed by atoms with E-state index in [0.717, 1.165) is 16.8 Å². The molecule has 8 nitrogen and oxygen atoms in total. The maximum absolute atomic E-state index is 12.5. The molecule has 2 heterocycles. The smallest absolute Gasteiger partial charge is 0.222 e. The van der Waals surface area contributed by atoms with E-state index in [-0.39, 0.29) is 19.1 Å². The van der Waals surface area contributed by atoms with Crippen molar-refractivity contribution >= 4 is 23.2 Å². The minimum atomic E-state index is -0.510. The highest BCUT2D eigenvalue weighted by atomic mass is 35.5. The van der Waals surface area contributed by atoms with Crippen LogP contribution in [0.25, 0.3) is 5.69 Å². The summed E-state index contributed by atoms with van der Waals surface area (Å²) in [4.78, 5) is 17.4. The fourth-order valence-electron chi connectivity index (χ4n) is 3.68. The minimum Gasteiger partial charge on any atom is -0.479 e. The summed E-state index contributed by atoms with van der Waals surface area (Å²) in [5, 5.41) is 12.1. The van der Waals surface area contributed by atoms with Crippen molar-refractivity contribution in [1.29, 1.82) is 0 Å². The number of carbonyl (C=O) groups excluding carboxylic acids is 1. The largest absolute Gasteiger partial charge is 0.479 e. The molecular weight excluding hydrogens is 416 g/mol. The number of aryl methyl sites for hydroxylation is 1. The lowest BCUT2D eigenvalue weighted by Gasteiger charge is -2.14. The van der Waals surface area contributed by atoms with Gasteiger partial charge in [0, 0.05) is 22.7 Å². The highest BCUT2D eigenvalue weighted by Gasteiger charge is 2.29. The zero-order valence-electron chi connectivity index (χ0n) is 17.3. The number of aliphatic imine (C=N–C) groups is 1. The molecule has 0 aliphatic carbocycles. The van der Waals surface area contributed by atoms with Gasteiger partial charge >= 0.3 is 0 Å². The maximum Gasteiger partial charge on any atom is 0.222 e. The predicted molar refractivity (Wildman–Crippen MR) is 119 cm³/mol. The van der Waals surface area contributed by atoms with Crippen LogP contribution in [-0.2, 0) is 4.79 Å². The lowest BCUT2D eigenvalue weighted by atomic mass is 10.00. The first-order valence-corrected chi connectivity index (χ1v) is 10.4. The van der Waals surface area contributed by atoms with E-state index < -0.39 is 6.04 Å². The number of carbonyl (C=O) groups is 1. The first-order valence-electron chi connectivity index (χ1n) is 10.0. The van der Waals surface area contributed by atoms with Crippen molar-refractivity contribution in [3.8, 4) is 11.4 Å². The van der Waals surface area contributed by atoms with Gasteiger partial charge in [-0.3, -0.25) is 20.1 Å².